The smallest absolute Gasteiger partial charge is 0.161 e. The first-order valence-electron chi connectivity index (χ1n) is 9.64. The number of phenolic OH excluding ortho intramolecular Hbond substituents is 1. The van der Waals surface area contributed by atoms with Crippen LogP contribution in [-0.2, 0) is 4.79 Å². The molecule has 0 aromatic heterocycles. The van der Waals surface area contributed by atoms with E-state index in [-0.39, 0.29) is 28.7 Å². The van der Waals surface area contributed by atoms with Gasteiger partial charge in [-0.1, -0.05) is 29.3 Å². The number of carbonyl (C=O) groups is 1. The minimum Gasteiger partial charge on any atom is -0.504 e. The van der Waals surface area contributed by atoms with Gasteiger partial charge in [-0.25, -0.2) is 0 Å². The number of halogens is 2. The average molecular weight is 456 g/mol. The van der Waals surface area contributed by atoms with Crippen LogP contribution in [0.2, 0.25) is 10.0 Å². The molecule has 3 N–H and O–H groups in total. The minimum absolute atomic E-state index is 0.0307. The highest BCUT2D eigenvalue weighted by Gasteiger charge is 2.40. The molecule has 4 rings (SSSR count). The SMILES string of the molecule is COc1cc(C2C(C#N)=C(N)N(c3cc(Cl)cc(Cl)c3)C3=C2C(=O)CCC3)ccc1O. The molecule has 1 atom stereocenters. The van der Waals surface area contributed by atoms with Crippen LogP contribution in [0.4, 0.5) is 5.69 Å². The molecule has 31 heavy (non-hydrogen) atoms. The van der Waals surface area contributed by atoms with Crippen molar-refractivity contribution in [2.75, 3.05) is 12.0 Å². The number of ketones is 1. The average Bonchev–Trinajstić information content (AvgIpc) is 2.72. The number of phenols is 1. The summed E-state index contributed by atoms with van der Waals surface area (Å²) in [5.74, 6) is -0.268. The lowest BCUT2D eigenvalue weighted by Crippen LogP contribution is -2.38. The first-order chi connectivity index (χ1) is 14.8. The molecule has 2 aliphatic rings. The van der Waals surface area contributed by atoms with Crippen molar-refractivity contribution in [3.8, 4) is 17.6 Å². The Balaban J connectivity index is 1.98. The zero-order valence-electron chi connectivity index (χ0n) is 16.7. The van der Waals surface area contributed by atoms with E-state index in [1.54, 1.807) is 35.2 Å². The minimum atomic E-state index is -0.659. The van der Waals surface area contributed by atoms with Crippen molar-refractivity contribution < 1.29 is 14.6 Å². The maximum Gasteiger partial charge on any atom is 0.161 e. The zero-order valence-corrected chi connectivity index (χ0v) is 18.2. The molecule has 1 heterocycles. The normalized spacial score (nSPS) is 18.7. The molecule has 158 valence electrons. The number of ether oxygens (including phenoxy) is 1. The first kappa shape index (κ1) is 21.1. The molecule has 0 saturated carbocycles. The van der Waals surface area contributed by atoms with Crippen molar-refractivity contribution in [1.82, 2.24) is 0 Å². The number of hydrogen-bond acceptors (Lipinski definition) is 6. The molecule has 0 bridgehead atoms. The van der Waals surface area contributed by atoms with Crippen LogP contribution in [-0.4, -0.2) is 18.0 Å². The number of rotatable bonds is 3. The second-order valence-corrected chi connectivity index (χ2v) is 8.25. The van der Waals surface area contributed by atoms with Crippen LogP contribution in [0.3, 0.4) is 0 Å². The van der Waals surface area contributed by atoms with Gasteiger partial charge in [0.25, 0.3) is 0 Å². The standard InChI is InChI=1S/C23H19Cl2N3O3/c1-31-20-7-12(5-6-18(20)29)21-16(11-26)23(27)28(15-9-13(24)8-14(25)10-15)17-3-2-4-19(30)22(17)21/h5-10,21,29H,2-4,27H2,1H3. The summed E-state index contributed by atoms with van der Waals surface area (Å²) in [4.78, 5) is 14.8. The van der Waals surface area contributed by atoms with Crippen molar-refractivity contribution in [3.05, 3.63) is 74.7 Å². The molecule has 1 unspecified atom stereocenters. The molecule has 0 saturated heterocycles. The van der Waals surface area contributed by atoms with Gasteiger partial charge in [-0.05, 0) is 48.7 Å². The highest BCUT2D eigenvalue weighted by molar-refractivity contribution is 6.35. The summed E-state index contributed by atoms with van der Waals surface area (Å²) in [7, 11) is 1.44. The van der Waals surface area contributed by atoms with Crippen molar-refractivity contribution in [1.29, 1.82) is 5.26 Å². The van der Waals surface area contributed by atoms with Crippen molar-refractivity contribution in [2.45, 2.75) is 25.2 Å². The Morgan fingerprint density at radius 1 is 1.19 bits per heavy atom. The topological polar surface area (TPSA) is 99.6 Å². The van der Waals surface area contributed by atoms with Gasteiger partial charge in [-0.15, -0.1) is 0 Å². The number of methoxy groups -OCH3 is 1. The molecule has 0 radical (unpaired) electrons. The lowest BCUT2D eigenvalue weighted by molar-refractivity contribution is -0.116. The van der Waals surface area contributed by atoms with Gasteiger partial charge in [-0.3, -0.25) is 9.69 Å². The molecule has 2 aromatic carbocycles. The highest BCUT2D eigenvalue weighted by atomic mass is 35.5. The number of benzene rings is 2. The molecule has 8 heteroatoms. The summed E-state index contributed by atoms with van der Waals surface area (Å²) in [6.07, 6.45) is 1.66. The van der Waals surface area contributed by atoms with E-state index in [9.17, 15) is 15.2 Å². The molecule has 0 amide bonds. The van der Waals surface area contributed by atoms with Crippen LogP contribution in [0.25, 0.3) is 0 Å². The molecular formula is C23H19Cl2N3O3. The fraction of sp³-hybridized carbons (Fsp3) is 0.217. The van der Waals surface area contributed by atoms with Gasteiger partial charge in [0.2, 0.25) is 0 Å². The number of Topliss-reactive ketones (excluding diaryl/α,β-unsaturated/α-hetero) is 1. The third kappa shape index (κ3) is 3.60. The largest absolute Gasteiger partial charge is 0.504 e. The van der Waals surface area contributed by atoms with E-state index < -0.39 is 5.92 Å². The second-order valence-electron chi connectivity index (χ2n) is 7.38. The molecule has 0 fully saturated rings. The molecule has 6 nitrogen and oxygen atoms in total. The zero-order chi connectivity index (χ0) is 22.3. The van der Waals surface area contributed by atoms with Gasteiger partial charge in [0.15, 0.2) is 17.3 Å². The summed E-state index contributed by atoms with van der Waals surface area (Å²) in [6.45, 7) is 0. The van der Waals surface area contributed by atoms with Gasteiger partial charge in [0.1, 0.15) is 5.82 Å². The van der Waals surface area contributed by atoms with E-state index in [1.165, 1.54) is 13.2 Å². The van der Waals surface area contributed by atoms with Crippen molar-refractivity contribution in [2.24, 2.45) is 5.73 Å². The van der Waals surface area contributed by atoms with E-state index in [1.807, 2.05) is 0 Å². The fourth-order valence-corrected chi connectivity index (χ4v) is 4.77. The predicted octanol–water partition coefficient (Wildman–Crippen LogP) is 5.01. The van der Waals surface area contributed by atoms with Crippen molar-refractivity contribution >= 4 is 34.7 Å². The third-order valence-corrected chi connectivity index (χ3v) is 5.99. The van der Waals surface area contributed by atoms with E-state index in [0.717, 1.165) is 5.70 Å². The number of nitrogens with two attached hydrogens (primary N) is 1. The maximum atomic E-state index is 13.1. The Morgan fingerprint density at radius 2 is 1.90 bits per heavy atom. The predicted molar refractivity (Wildman–Crippen MR) is 119 cm³/mol. The number of allylic oxidation sites excluding steroid dienone is 3. The van der Waals surface area contributed by atoms with Crippen LogP contribution in [0, 0.1) is 11.3 Å². The first-order valence-corrected chi connectivity index (χ1v) is 10.4. The Bertz CT molecular complexity index is 1180. The monoisotopic (exact) mass is 455 g/mol. The van der Waals surface area contributed by atoms with Crippen LogP contribution in [0.15, 0.2) is 59.1 Å². The second kappa shape index (κ2) is 8.18. The summed E-state index contributed by atoms with van der Waals surface area (Å²) in [5.41, 5.74) is 9.22. The van der Waals surface area contributed by atoms with E-state index in [4.69, 9.17) is 33.7 Å². The number of nitrogens with zero attached hydrogens (tertiary/aromatic N) is 2. The number of aromatic hydroxyl groups is 1. The molecule has 1 aliphatic heterocycles. The highest BCUT2D eigenvalue weighted by Crippen LogP contribution is 2.47. The van der Waals surface area contributed by atoms with E-state index in [2.05, 4.69) is 6.07 Å². The van der Waals surface area contributed by atoms with E-state index >= 15 is 0 Å². The number of carbonyl (C=O) groups excluding carboxylic acids is 1. The lowest BCUT2D eigenvalue weighted by Gasteiger charge is -2.39. The molecule has 2 aromatic rings. The molecule has 0 spiro atoms. The van der Waals surface area contributed by atoms with Crippen LogP contribution < -0.4 is 15.4 Å². The number of nitriles is 1. The lowest BCUT2D eigenvalue weighted by atomic mass is 9.75. The number of anilines is 1. The summed E-state index contributed by atoms with van der Waals surface area (Å²) < 4.78 is 5.23. The Kier molecular flexibility index (Phi) is 5.57. The van der Waals surface area contributed by atoms with Gasteiger partial charge >= 0.3 is 0 Å². The van der Waals surface area contributed by atoms with Crippen LogP contribution >= 0.6 is 23.2 Å². The van der Waals surface area contributed by atoms with Gasteiger partial charge in [-0.2, -0.15) is 5.26 Å². The molecular weight excluding hydrogens is 437 g/mol. The third-order valence-electron chi connectivity index (χ3n) is 5.56. The summed E-state index contributed by atoms with van der Waals surface area (Å²) in [6, 6.07) is 12.0. The summed E-state index contributed by atoms with van der Waals surface area (Å²) >= 11 is 12.4. The van der Waals surface area contributed by atoms with Gasteiger partial charge in [0.05, 0.1) is 30.4 Å². The fourth-order valence-electron chi connectivity index (χ4n) is 4.26. The maximum absolute atomic E-state index is 13.1. The van der Waals surface area contributed by atoms with Crippen molar-refractivity contribution in [3.63, 3.8) is 0 Å². The molecule has 1 aliphatic carbocycles. The van der Waals surface area contributed by atoms with Gasteiger partial charge in [0, 0.05) is 27.7 Å². The van der Waals surface area contributed by atoms with Crippen LogP contribution in [0.1, 0.15) is 30.7 Å². The number of hydrogen-bond donors (Lipinski definition) is 2. The van der Waals surface area contributed by atoms with Gasteiger partial charge < -0.3 is 15.6 Å². The Hall–Kier alpha value is -3.14. The van der Waals surface area contributed by atoms with Crippen LogP contribution in [0.5, 0.6) is 11.5 Å². The Morgan fingerprint density at radius 3 is 2.55 bits per heavy atom. The summed E-state index contributed by atoms with van der Waals surface area (Å²) in [5, 5.41) is 20.9. The van der Waals surface area contributed by atoms with E-state index in [0.29, 0.717) is 46.1 Å². The quantitative estimate of drug-likeness (QED) is 0.674. The Labute approximate surface area is 189 Å².